The fraction of sp³-hybridized carbons (Fsp3) is 0.667. The lowest BCUT2D eigenvalue weighted by Gasteiger charge is -2.03. The van der Waals surface area contributed by atoms with Crippen LogP contribution < -0.4 is 29.5 Å². The molecule has 0 fully saturated rings. The molecule has 14 N–H and O–H groups in total. The maximum absolute atomic E-state index is 10.2. The molecule has 12 heteroatoms. The predicted octanol–water partition coefficient (Wildman–Crippen LogP) is -1.57. The molecule has 0 amide bonds. The van der Waals surface area contributed by atoms with Gasteiger partial charge in [0.25, 0.3) is 5.09 Å². The molecule has 12 nitrogen and oxygen atoms in total. The first kappa shape index (κ1) is 24.9. The van der Waals surface area contributed by atoms with Crippen LogP contribution in [0.2, 0.25) is 0 Å². The Hall–Kier alpha value is -2.18. The number of hydrogen-bond donors (Lipinski definition) is 7. The number of rotatable bonds is 5. The van der Waals surface area contributed by atoms with E-state index < -0.39 is 17.1 Å². The summed E-state index contributed by atoms with van der Waals surface area (Å²) in [6, 6.07) is -0.820. The molecule has 0 bridgehead atoms. The average molecular weight is 271 g/mol. The van der Waals surface area contributed by atoms with Crippen LogP contribution in [0.4, 0.5) is 0 Å². The minimum absolute atomic E-state index is 0. The Morgan fingerprint density at radius 3 is 2.06 bits per heavy atom. The molecular weight excluding hydrogens is 250 g/mol. The van der Waals surface area contributed by atoms with Gasteiger partial charge in [0.2, 0.25) is 0 Å². The van der Waals surface area contributed by atoms with Crippen molar-refractivity contribution in [2.24, 2.45) is 22.2 Å². The summed E-state index contributed by atoms with van der Waals surface area (Å²) in [4.78, 5) is 22.3. The lowest BCUT2D eigenvalue weighted by molar-refractivity contribution is -0.742. The summed E-state index contributed by atoms with van der Waals surface area (Å²) >= 11 is 0. The Labute approximate surface area is 103 Å². The number of aliphatic imine (C=N–C) groups is 1. The van der Waals surface area contributed by atoms with Gasteiger partial charge in [-0.05, 0) is 12.8 Å². The van der Waals surface area contributed by atoms with Crippen LogP contribution in [0.3, 0.4) is 0 Å². The lowest BCUT2D eigenvalue weighted by atomic mass is 10.2. The molecule has 0 aliphatic heterocycles. The first-order valence-electron chi connectivity index (χ1n) is 4.14. The van der Waals surface area contributed by atoms with Gasteiger partial charge in [-0.2, -0.15) is 0 Å². The number of carboxylic acids is 1. The van der Waals surface area contributed by atoms with Gasteiger partial charge in [0.15, 0.2) is 5.96 Å². The smallest absolute Gasteiger partial charge is 0.320 e. The van der Waals surface area contributed by atoms with Gasteiger partial charge in [-0.1, -0.05) is 0 Å². The predicted molar refractivity (Wildman–Crippen MR) is 64.3 cm³/mol. The van der Waals surface area contributed by atoms with Crippen LogP contribution in [0.15, 0.2) is 4.99 Å². The van der Waals surface area contributed by atoms with Gasteiger partial charge < -0.3 is 39.8 Å². The second-order valence-corrected chi connectivity index (χ2v) is 2.63. The highest BCUT2D eigenvalue weighted by Gasteiger charge is 2.09. The van der Waals surface area contributed by atoms with Crippen molar-refractivity contribution in [3.8, 4) is 0 Å². The van der Waals surface area contributed by atoms with E-state index in [1.807, 2.05) is 0 Å². The third kappa shape index (κ3) is 29.2. The summed E-state index contributed by atoms with van der Waals surface area (Å²) in [6.07, 6.45) is 0.956. The van der Waals surface area contributed by atoms with Crippen LogP contribution in [-0.2, 0) is 4.79 Å². The monoisotopic (exact) mass is 271 g/mol. The van der Waals surface area contributed by atoms with Crippen molar-refractivity contribution in [3.05, 3.63) is 10.1 Å². The summed E-state index contributed by atoms with van der Waals surface area (Å²) in [5, 5.41) is 22.0. The number of guanidine groups is 1. The highest BCUT2D eigenvalue weighted by molar-refractivity contribution is 5.75. The van der Waals surface area contributed by atoms with Crippen LogP contribution in [0.25, 0.3) is 0 Å². The number of hydrogen-bond acceptors (Lipinski definition) is 7. The van der Waals surface area contributed by atoms with Crippen LogP contribution in [0.1, 0.15) is 12.8 Å². The first-order valence-corrected chi connectivity index (χ1v) is 4.14. The number of nitrogens with two attached hydrogens (primary N) is 3. The van der Waals surface area contributed by atoms with E-state index in [2.05, 4.69) is 4.99 Å². The van der Waals surface area contributed by atoms with Crippen molar-refractivity contribution >= 4 is 11.9 Å². The van der Waals surface area contributed by atoms with E-state index >= 15 is 0 Å². The maximum atomic E-state index is 10.2. The zero-order chi connectivity index (χ0) is 13.1. The van der Waals surface area contributed by atoms with Crippen molar-refractivity contribution in [1.29, 1.82) is 0 Å². The zero-order valence-corrected chi connectivity index (χ0v) is 9.86. The summed E-state index contributed by atoms with van der Waals surface area (Å²) in [5.74, 6) is -0.987. The molecule has 0 unspecified atom stereocenters. The van der Waals surface area contributed by atoms with E-state index in [-0.39, 0.29) is 18.3 Å². The highest BCUT2D eigenvalue weighted by atomic mass is 16.9. The van der Waals surface area contributed by atoms with E-state index in [1.54, 1.807) is 0 Å². The molecule has 0 aliphatic rings. The largest absolute Gasteiger partial charge is 0.480 e. The number of carboxylic acid groups (broad SMARTS) is 1. The molecule has 0 radical (unpaired) electrons. The van der Waals surface area contributed by atoms with E-state index in [0.29, 0.717) is 19.4 Å². The topological polar surface area (TPSA) is 261 Å². The number of aliphatic carboxylic acids is 1. The Bertz CT molecular complexity index is 251. The standard InChI is InChI=1S/C6H14N4O2.HNO3.2H3N/c7-4(5(11)12)2-1-3-10-6(8)9;2-1(3)4;;/h4H,1-3,7H2,(H,11,12)(H4,8,9,10);(H,2,3,4);2*1H3/t4-;;;/m0.../s1. The molecule has 0 aromatic rings. The van der Waals surface area contributed by atoms with Crippen LogP contribution in [0, 0.1) is 10.1 Å². The number of carbonyl (C=O) groups is 1. The Morgan fingerprint density at radius 2 is 1.78 bits per heavy atom. The summed E-state index contributed by atoms with van der Waals surface area (Å²) in [6.45, 7) is 0.420. The summed E-state index contributed by atoms with van der Waals surface area (Å²) in [7, 11) is 0. The molecular formula is C6H21N7O5. The minimum Gasteiger partial charge on any atom is -0.480 e. The third-order valence-electron chi connectivity index (χ3n) is 1.28. The molecule has 0 aliphatic carbocycles. The SMILES string of the molecule is N.N.NC(N)=NCCC[C@H](N)C(=O)O.O=[N+]([O-])O. The Balaban J connectivity index is -0.000000143. The van der Waals surface area contributed by atoms with Crippen molar-refractivity contribution in [1.82, 2.24) is 12.3 Å². The van der Waals surface area contributed by atoms with Crippen LogP contribution in [-0.4, -0.2) is 39.9 Å². The molecule has 0 aromatic carbocycles. The van der Waals surface area contributed by atoms with E-state index in [4.69, 9.17) is 37.6 Å². The quantitative estimate of drug-likeness (QED) is 0.0991. The maximum Gasteiger partial charge on any atom is 0.320 e. The molecule has 1 atom stereocenters. The molecule has 0 spiro atoms. The van der Waals surface area contributed by atoms with Gasteiger partial charge in [-0.15, -0.1) is 10.1 Å². The number of nitrogens with zero attached hydrogens (tertiary/aromatic N) is 2. The van der Waals surface area contributed by atoms with E-state index in [1.165, 1.54) is 0 Å². The van der Waals surface area contributed by atoms with Gasteiger partial charge in [-0.25, -0.2) is 0 Å². The summed E-state index contributed by atoms with van der Waals surface area (Å²) < 4.78 is 0. The molecule has 0 heterocycles. The van der Waals surface area contributed by atoms with Crippen LogP contribution >= 0.6 is 0 Å². The highest BCUT2D eigenvalue weighted by Crippen LogP contribution is 1.94. The molecule has 110 valence electrons. The van der Waals surface area contributed by atoms with E-state index in [9.17, 15) is 4.79 Å². The Morgan fingerprint density at radius 1 is 1.39 bits per heavy atom. The van der Waals surface area contributed by atoms with Gasteiger partial charge >= 0.3 is 5.97 Å². The molecule has 0 saturated carbocycles. The van der Waals surface area contributed by atoms with E-state index in [0.717, 1.165) is 0 Å². The fourth-order valence-corrected chi connectivity index (χ4v) is 0.643. The van der Waals surface area contributed by atoms with Gasteiger partial charge in [-0.3, -0.25) is 9.79 Å². The molecule has 18 heavy (non-hydrogen) atoms. The second-order valence-electron chi connectivity index (χ2n) is 2.63. The third-order valence-corrected chi connectivity index (χ3v) is 1.28. The second kappa shape index (κ2) is 14.8. The molecule has 0 aromatic heterocycles. The minimum atomic E-state index is -1.50. The van der Waals surface area contributed by atoms with Gasteiger partial charge in [0.05, 0.1) is 0 Å². The Kier molecular flexibility index (Phi) is 20.5. The molecule has 0 saturated heterocycles. The lowest BCUT2D eigenvalue weighted by Crippen LogP contribution is -2.30. The summed E-state index contributed by atoms with van der Waals surface area (Å²) in [5.41, 5.74) is 15.3. The fourth-order valence-electron chi connectivity index (χ4n) is 0.643. The average Bonchev–Trinajstić information content (AvgIpc) is 2.10. The van der Waals surface area contributed by atoms with Crippen molar-refractivity contribution in [2.45, 2.75) is 18.9 Å². The zero-order valence-electron chi connectivity index (χ0n) is 9.86. The van der Waals surface area contributed by atoms with Crippen molar-refractivity contribution in [3.63, 3.8) is 0 Å². The molecule has 0 rings (SSSR count). The van der Waals surface area contributed by atoms with Crippen molar-refractivity contribution in [2.75, 3.05) is 6.54 Å². The van der Waals surface area contributed by atoms with Crippen LogP contribution in [0.5, 0.6) is 0 Å². The van der Waals surface area contributed by atoms with Gasteiger partial charge in [0.1, 0.15) is 6.04 Å². The normalized spacial score (nSPS) is 9.39. The first-order chi connectivity index (χ1) is 7.27. The van der Waals surface area contributed by atoms with Gasteiger partial charge in [0, 0.05) is 6.54 Å². The van der Waals surface area contributed by atoms with Crippen molar-refractivity contribution < 1.29 is 20.2 Å².